The summed E-state index contributed by atoms with van der Waals surface area (Å²) in [5.74, 6) is -0.946. The van der Waals surface area contributed by atoms with Gasteiger partial charge in [0.25, 0.3) is 5.91 Å². The average molecular weight is 482 g/mol. The van der Waals surface area contributed by atoms with Gasteiger partial charge in [0, 0.05) is 13.1 Å². The summed E-state index contributed by atoms with van der Waals surface area (Å²) in [4.78, 5) is 24.0. The lowest BCUT2D eigenvalue weighted by atomic mass is 10.1. The van der Waals surface area contributed by atoms with E-state index in [2.05, 4.69) is 24.8 Å². The number of amidine groups is 1. The summed E-state index contributed by atoms with van der Waals surface area (Å²) >= 11 is 1.06. The fourth-order valence-electron chi connectivity index (χ4n) is 4.39. The first-order valence-corrected chi connectivity index (χ1v) is 12.2. The van der Waals surface area contributed by atoms with Crippen molar-refractivity contribution in [3.05, 3.63) is 64.3 Å². The van der Waals surface area contributed by atoms with Crippen LogP contribution in [0, 0.1) is 18.6 Å². The third-order valence-electron chi connectivity index (χ3n) is 6.15. The van der Waals surface area contributed by atoms with Gasteiger partial charge in [-0.2, -0.15) is 0 Å². The number of amides is 1. The highest BCUT2D eigenvalue weighted by Crippen LogP contribution is 2.30. The number of imidazole rings is 1. The molecule has 2 aliphatic rings. The van der Waals surface area contributed by atoms with E-state index in [0.717, 1.165) is 72.5 Å². The van der Waals surface area contributed by atoms with E-state index in [1.165, 1.54) is 25.3 Å². The Balaban J connectivity index is 1.38. The summed E-state index contributed by atoms with van der Waals surface area (Å²) in [6.07, 6.45) is 5.59. The highest BCUT2D eigenvalue weighted by atomic mass is 32.2. The smallest absolute Gasteiger partial charge is 0.264 e. The lowest BCUT2D eigenvalue weighted by molar-refractivity contribution is -0.115. The second kappa shape index (κ2) is 9.68. The molecule has 0 spiro atoms. The second-order valence-electron chi connectivity index (χ2n) is 8.51. The van der Waals surface area contributed by atoms with Crippen LogP contribution in [-0.4, -0.2) is 45.2 Å². The van der Waals surface area contributed by atoms with Crippen LogP contribution in [0.3, 0.4) is 0 Å². The first-order valence-electron chi connectivity index (χ1n) is 11.4. The van der Waals surface area contributed by atoms with Crippen molar-refractivity contribution in [1.82, 2.24) is 19.8 Å². The fraction of sp³-hybridized carbons (Fsp3) is 0.320. The molecule has 2 saturated heterocycles. The number of para-hydroxylation sites is 1. The first-order chi connectivity index (χ1) is 16.5. The number of hydrogen-bond acceptors (Lipinski definition) is 5. The number of benzene rings is 2. The molecule has 0 radical (unpaired) electrons. The molecule has 9 heteroatoms. The summed E-state index contributed by atoms with van der Waals surface area (Å²) in [7, 11) is 0. The summed E-state index contributed by atoms with van der Waals surface area (Å²) < 4.78 is 30.1. The van der Waals surface area contributed by atoms with Crippen LogP contribution in [0.2, 0.25) is 0 Å². The van der Waals surface area contributed by atoms with Gasteiger partial charge in [0.05, 0.1) is 15.9 Å². The number of likely N-dealkylation sites (tertiary alicyclic amines) is 1. The maximum absolute atomic E-state index is 13.9. The third kappa shape index (κ3) is 4.76. The summed E-state index contributed by atoms with van der Waals surface area (Å²) in [5.41, 5.74) is 2.37. The Kier molecular flexibility index (Phi) is 6.47. The largest absolute Gasteiger partial charge is 0.327 e. The molecule has 6 nitrogen and oxygen atoms in total. The minimum atomic E-state index is -0.779. The van der Waals surface area contributed by atoms with E-state index in [1.807, 2.05) is 25.1 Å². The Morgan fingerprint density at radius 1 is 1.12 bits per heavy atom. The van der Waals surface area contributed by atoms with Gasteiger partial charge in [-0.05, 0) is 80.5 Å². The van der Waals surface area contributed by atoms with Gasteiger partial charge in [-0.25, -0.2) is 18.8 Å². The van der Waals surface area contributed by atoms with Gasteiger partial charge in [-0.15, -0.1) is 0 Å². The van der Waals surface area contributed by atoms with Gasteiger partial charge in [-0.1, -0.05) is 18.6 Å². The number of fused-ring (bicyclic) bond motifs is 1. The minimum Gasteiger partial charge on any atom is -0.327 e. The van der Waals surface area contributed by atoms with Crippen molar-refractivity contribution < 1.29 is 13.6 Å². The number of piperidine rings is 1. The van der Waals surface area contributed by atoms with Crippen LogP contribution in [0.4, 0.5) is 14.5 Å². The Morgan fingerprint density at radius 3 is 2.65 bits per heavy atom. The molecule has 176 valence electrons. The average Bonchev–Trinajstić information content (AvgIpc) is 3.33. The SMILES string of the molecule is Cc1nc2ccc(C=C3SC(=Nc4c(F)cccc4F)NC3=O)cc2n1CCN1CCCCC1. The van der Waals surface area contributed by atoms with Gasteiger partial charge in [0.1, 0.15) is 11.5 Å². The molecule has 1 N–H and O–H groups in total. The standard InChI is InChI=1S/C25H25F2N5OS/c1-16-28-20-9-8-17(14-21(20)32(16)13-12-31-10-3-2-4-11-31)15-22-24(33)30-25(34-22)29-23-18(26)6-5-7-19(23)27/h5-9,14-15H,2-4,10-13H2,1H3,(H,29,30,33). The lowest BCUT2D eigenvalue weighted by Gasteiger charge is -2.26. The molecule has 1 aromatic heterocycles. The zero-order valence-electron chi connectivity index (χ0n) is 18.9. The van der Waals surface area contributed by atoms with Crippen LogP contribution >= 0.6 is 11.8 Å². The van der Waals surface area contributed by atoms with E-state index in [0.29, 0.717) is 4.91 Å². The van der Waals surface area contributed by atoms with E-state index < -0.39 is 17.3 Å². The molecule has 3 aromatic rings. The van der Waals surface area contributed by atoms with E-state index in [4.69, 9.17) is 0 Å². The van der Waals surface area contributed by atoms with Gasteiger partial charge >= 0.3 is 0 Å². The van der Waals surface area contributed by atoms with Crippen molar-refractivity contribution >= 4 is 45.6 Å². The van der Waals surface area contributed by atoms with Crippen LogP contribution < -0.4 is 5.32 Å². The molecule has 5 rings (SSSR count). The number of nitrogens with zero attached hydrogens (tertiary/aromatic N) is 4. The Labute approximate surface area is 200 Å². The molecule has 0 unspecified atom stereocenters. The van der Waals surface area contributed by atoms with E-state index in [-0.39, 0.29) is 11.1 Å². The molecule has 2 fully saturated rings. The van der Waals surface area contributed by atoms with Crippen molar-refractivity contribution in [2.24, 2.45) is 4.99 Å². The van der Waals surface area contributed by atoms with Crippen molar-refractivity contribution in [3.63, 3.8) is 0 Å². The highest BCUT2D eigenvalue weighted by molar-refractivity contribution is 8.18. The highest BCUT2D eigenvalue weighted by Gasteiger charge is 2.25. The maximum atomic E-state index is 13.9. The molecular weight excluding hydrogens is 456 g/mol. The topological polar surface area (TPSA) is 62.5 Å². The number of halogens is 2. The fourth-order valence-corrected chi connectivity index (χ4v) is 5.21. The number of aromatic nitrogens is 2. The molecular formula is C25H25F2N5OS. The monoisotopic (exact) mass is 481 g/mol. The van der Waals surface area contributed by atoms with Crippen molar-refractivity contribution in [2.45, 2.75) is 32.7 Å². The van der Waals surface area contributed by atoms with Crippen LogP contribution in [0.25, 0.3) is 17.1 Å². The molecule has 34 heavy (non-hydrogen) atoms. The Hall–Kier alpha value is -3.04. The number of aliphatic imine (C=N–C) groups is 1. The maximum Gasteiger partial charge on any atom is 0.264 e. The van der Waals surface area contributed by atoms with Crippen molar-refractivity contribution in [3.8, 4) is 0 Å². The number of carbonyl (C=O) groups is 1. The van der Waals surface area contributed by atoms with Gasteiger partial charge < -0.3 is 14.8 Å². The van der Waals surface area contributed by atoms with Crippen LogP contribution in [0.1, 0.15) is 30.7 Å². The molecule has 2 aromatic carbocycles. The number of thioether (sulfide) groups is 1. The summed E-state index contributed by atoms with van der Waals surface area (Å²) in [6.45, 7) is 6.16. The van der Waals surface area contributed by atoms with Gasteiger partial charge in [0.2, 0.25) is 0 Å². The van der Waals surface area contributed by atoms with Crippen molar-refractivity contribution in [2.75, 3.05) is 19.6 Å². The van der Waals surface area contributed by atoms with Crippen LogP contribution in [-0.2, 0) is 11.3 Å². The summed E-state index contributed by atoms with van der Waals surface area (Å²) in [6, 6.07) is 9.43. The third-order valence-corrected chi connectivity index (χ3v) is 7.06. The van der Waals surface area contributed by atoms with Crippen molar-refractivity contribution in [1.29, 1.82) is 0 Å². The molecule has 1 amide bonds. The molecule has 2 aliphatic heterocycles. The normalized spacial score (nSPS) is 19.4. The summed E-state index contributed by atoms with van der Waals surface area (Å²) in [5, 5.41) is 2.73. The number of rotatable bonds is 5. The number of hydrogen-bond donors (Lipinski definition) is 1. The van der Waals surface area contributed by atoms with E-state index in [1.54, 1.807) is 6.08 Å². The molecule has 0 saturated carbocycles. The van der Waals surface area contributed by atoms with Crippen LogP contribution in [0.15, 0.2) is 46.3 Å². The Morgan fingerprint density at radius 2 is 1.88 bits per heavy atom. The quantitative estimate of drug-likeness (QED) is 0.521. The molecule has 3 heterocycles. The predicted octanol–water partition coefficient (Wildman–Crippen LogP) is 5.00. The van der Waals surface area contributed by atoms with E-state index >= 15 is 0 Å². The zero-order valence-corrected chi connectivity index (χ0v) is 19.7. The van der Waals surface area contributed by atoms with Gasteiger partial charge in [0.15, 0.2) is 16.8 Å². The van der Waals surface area contributed by atoms with Crippen LogP contribution in [0.5, 0.6) is 0 Å². The minimum absolute atomic E-state index is 0.142. The first kappa shape index (κ1) is 22.7. The lowest BCUT2D eigenvalue weighted by Crippen LogP contribution is -2.32. The number of nitrogens with one attached hydrogen (secondary N) is 1. The predicted molar refractivity (Wildman–Crippen MR) is 132 cm³/mol. The zero-order chi connectivity index (χ0) is 23.7. The van der Waals surface area contributed by atoms with E-state index in [9.17, 15) is 13.6 Å². The number of aryl methyl sites for hydroxylation is 1. The number of carbonyl (C=O) groups excluding carboxylic acids is 1. The molecule has 0 aliphatic carbocycles. The molecule has 0 bridgehead atoms. The molecule has 0 atom stereocenters. The second-order valence-corrected chi connectivity index (χ2v) is 9.54. The van der Waals surface area contributed by atoms with Gasteiger partial charge in [-0.3, -0.25) is 4.79 Å². The Bertz CT molecular complexity index is 1290.